The predicted molar refractivity (Wildman–Crippen MR) is 89.6 cm³/mol. The lowest BCUT2D eigenvalue weighted by Gasteiger charge is -2.21. The van der Waals surface area contributed by atoms with Crippen molar-refractivity contribution >= 4 is 27.3 Å². The van der Waals surface area contributed by atoms with E-state index in [4.69, 9.17) is 0 Å². The largest absolute Gasteiger partial charge is 0.305 e. The van der Waals surface area contributed by atoms with E-state index in [2.05, 4.69) is 71.7 Å². The minimum Gasteiger partial charge on any atom is -0.305 e. The molecule has 0 aromatic carbocycles. The molecular formula is C15H22BrN3S. The molecule has 0 fully saturated rings. The van der Waals surface area contributed by atoms with E-state index in [1.165, 1.54) is 21.0 Å². The predicted octanol–water partition coefficient (Wildman–Crippen LogP) is 4.60. The molecular weight excluding hydrogens is 334 g/mol. The van der Waals surface area contributed by atoms with Crippen LogP contribution < -0.4 is 5.32 Å². The third-order valence-electron chi connectivity index (χ3n) is 3.43. The van der Waals surface area contributed by atoms with Crippen LogP contribution in [0, 0.1) is 13.8 Å². The Morgan fingerprint density at radius 3 is 2.60 bits per heavy atom. The van der Waals surface area contributed by atoms with E-state index in [1.54, 1.807) is 0 Å². The lowest BCUT2D eigenvalue weighted by molar-refractivity contribution is 0.477. The summed E-state index contributed by atoms with van der Waals surface area (Å²) in [6.07, 6.45) is 1.90. The van der Waals surface area contributed by atoms with Crippen molar-refractivity contribution in [3.05, 3.63) is 37.7 Å². The van der Waals surface area contributed by atoms with Gasteiger partial charge in [0.15, 0.2) is 0 Å². The van der Waals surface area contributed by atoms with Gasteiger partial charge in [0.2, 0.25) is 0 Å². The maximum absolute atomic E-state index is 4.51. The van der Waals surface area contributed by atoms with E-state index in [9.17, 15) is 0 Å². The zero-order valence-corrected chi connectivity index (χ0v) is 15.1. The fourth-order valence-electron chi connectivity index (χ4n) is 2.31. The molecule has 0 spiro atoms. The molecule has 0 saturated heterocycles. The molecule has 1 unspecified atom stereocenters. The SMILES string of the molecule is CCNC(c1cc(C)c(C)s1)c1c(Br)cnn1C(C)C. The zero-order valence-electron chi connectivity index (χ0n) is 12.7. The first-order valence-corrected chi connectivity index (χ1v) is 8.59. The van der Waals surface area contributed by atoms with Gasteiger partial charge in [0.1, 0.15) is 0 Å². The first-order chi connectivity index (χ1) is 9.45. The molecule has 2 heterocycles. The molecule has 1 atom stereocenters. The van der Waals surface area contributed by atoms with Crippen LogP contribution >= 0.6 is 27.3 Å². The van der Waals surface area contributed by atoms with Gasteiger partial charge in [0, 0.05) is 15.8 Å². The van der Waals surface area contributed by atoms with Crippen LogP contribution in [0.3, 0.4) is 0 Å². The Morgan fingerprint density at radius 1 is 1.40 bits per heavy atom. The minimum atomic E-state index is 0.191. The summed E-state index contributed by atoms with van der Waals surface area (Å²) in [5, 5.41) is 8.11. The molecule has 2 aromatic heterocycles. The van der Waals surface area contributed by atoms with Gasteiger partial charge >= 0.3 is 0 Å². The van der Waals surface area contributed by atoms with Crippen molar-refractivity contribution in [2.45, 2.75) is 46.7 Å². The van der Waals surface area contributed by atoms with E-state index in [0.29, 0.717) is 6.04 Å². The lowest BCUT2D eigenvalue weighted by atomic mass is 10.1. The van der Waals surface area contributed by atoms with Crippen LogP contribution in [0.15, 0.2) is 16.7 Å². The van der Waals surface area contributed by atoms with Gasteiger partial charge in [0.25, 0.3) is 0 Å². The van der Waals surface area contributed by atoms with Crippen LogP contribution in [-0.2, 0) is 0 Å². The van der Waals surface area contributed by atoms with E-state index in [0.717, 1.165) is 11.0 Å². The molecule has 110 valence electrons. The molecule has 0 amide bonds. The van der Waals surface area contributed by atoms with Gasteiger partial charge in [-0.1, -0.05) is 6.92 Å². The zero-order chi connectivity index (χ0) is 14.9. The maximum Gasteiger partial charge on any atom is 0.0853 e. The van der Waals surface area contributed by atoms with Gasteiger partial charge in [-0.2, -0.15) is 5.10 Å². The Balaban J connectivity index is 2.51. The second-order valence-corrected chi connectivity index (χ2v) is 7.44. The highest BCUT2D eigenvalue weighted by molar-refractivity contribution is 9.10. The number of hydrogen-bond donors (Lipinski definition) is 1. The molecule has 2 rings (SSSR count). The molecule has 1 N–H and O–H groups in total. The Morgan fingerprint density at radius 2 is 2.10 bits per heavy atom. The number of halogens is 1. The summed E-state index contributed by atoms with van der Waals surface area (Å²) in [5.74, 6) is 0. The smallest absolute Gasteiger partial charge is 0.0853 e. The van der Waals surface area contributed by atoms with Crippen molar-refractivity contribution in [2.75, 3.05) is 6.54 Å². The van der Waals surface area contributed by atoms with Crippen molar-refractivity contribution < 1.29 is 0 Å². The van der Waals surface area contributed by atoms with Gasteiger partial charge < -0.3 is 5.32 Å². The van der Waals surface area contributed by atoms with E-state index >= 15 is 0 Å². The summed E-state index contributed by atoms with van der Waals surface area (Å²) in [7, 11) is 0. The second-order valence-electron chi connectivity index (χ2n) is 5.29. The standard InChI is InChI=1S/C15H22BrN3S/c1-6-17-14(13-7-10(4)11(5)20-13)15-12(16)8-18-19(15)9(2)3/h7-9,14,17H,6H2,1-5H3. The number of aromatic nitrogens is 2. The Labute approximate surface area is 133 Å². The van der Waals surface area contributed by atoms with Crippen LogP contribution in [-0.4, -0.2) is 16.3 Å². The second kappa shape index (κ2) is 6.41. The van der Waals surface area contributed by atoms with Crippen molar-refractivity contribution in [3.8, 4) is 0 Å². The average Bonchev–Trinajstić information content (AvgIpc) is 2.91. The molecule has 2 aromatic rings. The van der Waals surface area contributed by atoms with Gasteiger partial charge in [0.05, 0.1) is 22.4 Å². The molecule has 0 aliphatic carbocycles. The highest BCUT2D eigenvalue weighted by Gasteiger charge is 2.24. The summed E-state index contributed by atoms with van der Waals surface area (Å²) in [6.45, 7) is 11.8. The van der Waals surface area contributed by atoms with Crippen LogP contribution in [0.25, 0.3) is 0 Å². The number of rotatable bonds is 5. The number of nitrogens with zero attached hydrogens (tertiary/aromatic N) is 2. The fraction of sp³-hybridized carbons (Fsp3) is 0.533. The number of aryl methyl sites for hydroxylation is 2. The van der Waals surface area contributed by atoms with Crippen molar-refractivity contribution in [3.63, 3.8) is 0 Å². The molecule has 0 saturated carbocycles. The van der Waals surface area contributed by atoms with Gasteiger partial charge in [-0.25, -0.2) is 0 Å². The molecule has 0 aliphatic heterocycles. The van der Waals surface area contributed by atoms with Crippen molar-refractivity contribution in [1.82, 2.24) is 15.1 Å². The molecule has 0 bridgehead atoms. The third-order valence-corrected chi connectivity index (χ3v) is 5.26. The van der Waals surface area contributed by atoms with Crippen LogP contribution in [0.2, 0.25) is 0 Å². The average molecular weight is 356 g/mol. The molecule has 20 heavy (non-hydrogen) atoms. The molecule has 3 nitrogen and oxygen atoms in total. The Kier molecular flexibility index (Phi) is 5.04. The highest BCUT2D eigenvalue weighted by atomic mass is 79.9. The molecule has 0 radical (unpaired) electrons. The van der Waals surface area contributed by atoms with Gasteiger partial charge in [-0.15, -0.1) is 11.3 Å². The molecule has 5 heteroatoms. The Hall–Kier alpha value is -0.650. The topological polar surface area (TPSA) is 29.9 Å². The fourth-order valence-corrected chi connectivity index (χ4v) is 3.94. The Bertz CT molecular complexity index is 566. The monoisotopic (exact) mass is 355 g/mol. The van der Waals surface area contributed by atoms with Crippen LogP contribution in [0.5, 0.6) is 0 Å². The van der Waals surface area contributed by atoms with Crippen LogP contribution in [0.1, 0.15) is 53.9 Å². The highest BCUT2D eigenvalue weighted by Crippen LogP contribution is 2.35. The third kappa shape index (κ3) is 3.00. The van der Waals surface area contributed by atoms with Gasteiger partial charge in [-0.3, -0.25) is 4.68 Å². The summed E-state index contributed by atoms with van der Waals surface area (Å²) < 4.78 is 3.17. The van der Waals surface area contributed by atoms with Crippen molar-refractivity contribution in [1.29, 1.82) is 0 Å². The first-order valence-electron chi connectivity index (χ1n) is 6.98. The maximum atomic E-state index is 4.51. The summed E-state index contributed by atoms with van der Waals surface area (Å²) >= 11 is 5.53. The summed E-state index contributed by atoms with van der Waals surface area (Å²) in [6, 6.07) is 2.83. The minimum absolute atomic E-state index is 0.191. The quantitative estimate of drug-likeness (QED) is 0.848. The number of thiophene rings is 1. The van der Waals surface area contributed by atoms with E-state index < -0.39 is 0 Å². The number of hydrogen-bond acceptors (Lipinski definition) is 3. The summed E-state index contributed by atoms with van der Waals surface area (Å²) in [5.41, 5.74) is 2.57. The normalized spacial score (nSPS) is 13.2. The van der Waals surface area contributed by atoms with Crippen molar-refractivity contribution in [2.24, 2.45) is 0 Å². The molecule has 0 aliphatic rings. The summed E-state index contributed by atoms with van der Waals surface area (Å²) in [4.78, 5) is 2.74. The van der Waals surface area contributed by atoms with E-state index in [1.807, 2.05) is 17.5 Å². The number of nitrogens with one attached hydrogen (secondary N) is 1. The van der Waals surface area contributed by atoms with Crippen LogP contribution in [0.4, 0.5) is 0 Å². The van der Waals surface area contributed by atoms with Gasteiger partial charge in [-0.05, 0) is 61.8 Å². The van der Waals surface area contributed by atoms with E-state index in [-0.39, 0.29) is 6.04 Å². The first kappa shape index (κ1) is 15.7. The lowest BCUT2D eigenvalue weighted by Crippen LogP contribution is -2.25.